The number of carbonyl (C=O) groups is 1. The number of aliphatic imine (C=N–C) groups is 1. The molecule has 100 valence electrons. The molecule has 0 aliphatic carbocycles. The van der Waals surface area contributed by atoms with E-state index >= 15 is 0 Å². The summed E-state index contributed by atoms with van der Waals surface area (Å²) in [6, 6.07) is 9.76. The van der Waals surface area contributed by atoms with Gasteiger partial charge in [0.05, 0.1) is 6.61 Å². The molecule has 1 aliphatic rings. The summed E-state index contributed by atoms with van der Waals surface area (Å²) >= 11 is 1.58. The van der Waals surface area contributed by atoms with E-state index in [2.05, 4.69) is 10.3 Å². The number of esters is 1. The van der Waals surface area contributed by atoms with Crippen molar-refractivity contribution in [3.8, 4) is 0 Å². The first-order valence-electron chi connectivity index (χ1n) is 6.11. The third kappa shape index (κ3) is 3.61. The van der Waals surface area contributed by atoms with Gasteiger partial charge in [-0.05, 0) is 31.6 Å². The number of ether oxygens (including phenoxy) is 1. The molecule has 1 aromatic carbocycles. The molecule has 0 saturated heterocycles. The van der Waals surface area contributed by atoms with Gasteiger partial charge in [0.1, 0.15) is 0 Å². The maximum absolute atomic E-state index is 11.8. The molecule has 1 aliphatic heterocycles. The highest BCUT2D eigenvalue weighted by molar-refractivity contribution is 8.14. The second kappa shape index (κ2) is 6.43. The van der Waals surface area contributed by atoms with Crippen molar-refractivity contribution >= 4 is 28.6 Å². The van der Waals surface area contributed by atoms with E-state index in [1.807, 2.05) is 37.3 Å². The van der Waals surface area contributed by atoms with E-state index in [-0.39, 0.29) is 5.97 Å². The van der Waals surface area contributed by atoms with Crippen LogP contribution in [0.1, 0.15) is 13.8 Å². The predicted molar refractivity (Wildman–Crippen MR) is 79.3 cm³/mol. The van der Waals surface area contributed by atoms with Crippen LogP contribution in [0.3, 0.4) is 0 Å². The van der Waals surface area contributed by atoms with Crippen molar-refractivity contribution in [3.05, 3.63) is 41.6 Å². The Hall–Kier alpha value is -1.75. The predicted octanol–water partition coefficient (Wildman–Crippen LogP) is 3.04. The molecule has 0 fully saturated rings. The lowest BCUT2D eigenvalue weighted by molar-refractivity contribution is -0.138. The fourth-order valence-electron chi connectivity index (χ4n) is 1.60. The van der Waals surface area contributed by atoms with E-state index in [9.17, 15) is 4.79 Å². The number of amidine groups is 1. The van der Waals surface area contributed by atoms with Gasteiger partial charge in [-0.3, -0.25) is 0 Å². The molecule has 0 unspecified atom stereocenters. The molecule has 19 heavy (non-hydrogen) atoms. The Morgan fingerprint density at radius 3 is 2.84 bits per heavy atom. The minimum absolute atomic E-state index is 0.354. The number of benzene rings is 1. The standard InChI is InChI=1S/C14H16N2O2S/c1-3-18-13(17)12-10(2)9-19-14(16-12)15-11-7-5-4-6-8-11/h4-8H,3,9H2,1-2H3,(H,15,16). The average Bonchev–Trinajstić information content (AvgIpc) is 2.42. The minimum atomic E-state index is -0.354. The summed E-state index contributed by atoms with van der Waals surface area (Å²) in [5, 5.41) is 3.92. The van der Waals surface area contributed by atoms with Gasteiger partial charge in [-0.1, -0.05) is 30.0 Å². The van der Waals surface area contributed by atoms with E-state index in [0.29, 0.717) is 12.3 Å². The van der Waals surface area contributed by atoms with Crippen molar-refractivity contribution in [1.82, 2.24) is 0 Å². The van der Waals surface area contributed by atoms with Crippen molar-refractivity contribution in [3.63, 3.8) is 0 Å². The number of hydrogen-bond acceptors (Lipinski definition) is 5. The van der Waals surface area contributed by atoms with E-state index in [1.165, 1.54) is 0 Å². The summed E-state index contributed by atoms with van der Waals surface area (Å²) in [5.41, 5.74) is 2.32. The number of carbonyl (C=O) groups excluding carboxylic acids is 1. The van der Waals surface area contributed by atoms with Crippen LogP contribution >= 0.6 is 11.8 Å². The maximum atomic E-state index is 11.8. The number of thioether (sulfide) groups is 1. The highest BCUT2D eigenvalue weighted by Crippen LogP contribution is 2.23. The number of anilines is 1. The molecule has 1 heterocycles. The molecule has 5 heteroatoms. The lowest BCUT2D eigenvalue weighted by Gasteiger charge is -2.16. The van der Waals surface area contributed by atoms with Crippen LogP contribution in [0.4, 0.5) is 5.69 Å². The SMILES string of the molecule is CCOC(=O)C1=C(C)CSC(Nc2ccccc2)=N1. The molecule has 0 aromatic heterocycles. The molecule has 0 saturated carbocycles. The molecular formula is C14H16N2O2S. The highest BCUT2D eigenvalue weighted by Gasteiger charge is 2.19. The second-order valence-electron chi connectivity index (χ2n) is 4.05. The molecule has 0 radical (unpaired) electrons. The molecule has 0 amide bonds. The van der Waals surface area contributed by atoms with Crippen molar-refractivity contribution in [2.45, 2.75) is 13.8 Å². The normalized spacial score (nSPS) is 14.9. The highest BCUT2D eigenvalue weighted by atomic mass is 32.2. The van der Waals surface area contributed by atoms with Crippen LogP contribution in [0, 0.1) is 0 Å². The quantitative estimate of drug-likeness (QED) is 0.862. The van der Waals surface area contributed by atoms with E-state index in [0.717, 1.165) is 22.2 Å². The van der Waals surface area contributed by atoms with Crippen molar-refractivity contribution in [2.24, 2.45) is 4.99 Å². The third-order valence-corrected chi connectivity index (χ3v) is 3.58. The number of para-hydroxylation sites is 1. The van der Waals surface area contributed by atoms with E-state index in [1.54, 1.807) is 18.7 Å². The molecule has 4 nitrogen and oxygen atoms in total. The zero-order chi connectivity index (χ0) is 13.7. The average molecular weight is 276 g/mol. The second-order valence-corrected chi connectivity index (χ2v) is 5.01. The number of nitrogens with one attached hydrogen (secondary N) is 1. The van der Waals surface area contributed by atoms with Crippen LogP contribution in [0.2, 0.25) is 0 Å². The first-order chi connectivity index (χ1) is 9.20. The van der Waals surface area contributed by atoms with Crippen LogP contribution in [0.25, 0.3) is 0 Å². The van der Waals surface area contributed by atoms with Gasteiger partial charge in [-0.2, -0.15) is 0 Å². The molecule has 1 N–H and O–H groups in total. The Morgan fingerprint density at radius 2 is 2.16 bits per heavy atom. The first-order valence-corrected chi connectivity index (χ1v) is 7.09. The van der Waals surface area contributed by atoms with E-state index in [4.69, 9.17) is 4.74 Å². The maximum Gasteiger partial charge on any atom is 0.356 e. The van der Waals surface area contributed by atoms with Crippen LogP contribution in [-0.2, 0) is 9.53 Å². The van der Waals surface area contributed by atoms with Gasteiger partial charge in [0.25, 0.3) is 0 Å². The molecule has 0 atom stereocenters. The van der Waals surface area contributed by atoms with Crippen LogP contribution < -0.4 is 5.32 Å². The monoisotopic (exact) mass is 276 g/mol. The Kier molecular flexibility index (Phi) is 4.63. The molecule has 2 rings (SSSR count). The van der Waals surface area contributed by atoms with Gasteiger partial charge in [-0.25, -0.2) is 9.79 Å². The van der Waals surface area contributed by atoms with Gasteiger partial charge in [0.2, 0.25) is 0 Å². The zero-order valence-electron chi connectivity index (χ0n) is 11.0. The summed E-state index contributed by atoms with van der Waals surface area (Å²) in [6.45, 7) is 4.06. The third-order valence-electron chi connectivity index (χ3n) is 2.54. The summed E-state index contributed by atoms with van der Waals surface area (Å²) < 4.78 is 5.01. The van der Waals surface area contributed by atoms with Gasteiger partial charge in [0, 0.05) is 11.4 Å². The Labute approximate surface area is 116 Å². The topological polar surface area (TPSA) is 50.7 Å². The first kappa shape index (κ1) is 13.7. The van der Waals surface area contributed by atoms with Gasteiger partial charge in [-0.15, -0.1) is 0 Å². The zero-order valence-corrected chi connectivity index (χ0v) is 11.8. The Morgan fingerprint density at radius 1 is 1.42 bits per heavy atom. The van der Waals surface area contributed by atoms with Gasteiger partial charge < -0.3 is 10.1 Å². The van der Waals surface area contributed by atoms with E-state index < -0.39 is 0 Å². The summed E-state index contributed by atoms with van der Waals surface area (Å²) in [5.74, 6) is 0.389. The number of nitrogens with zero attached hydrogens (tertiary/aromatic N) is 1. The van der Waals surface area contributed by atoms with Crippen LogP contribution in [0.15, 0.2) is 46.6 Å². The van der Waals surface area contributed by atoms with Crippen molar-refractivity contribution in [2.75, 3.05) is 17.7 Å². The molecular weight excluding hydrogens is 260 g/mol. The fourth-order valence-corrected chi connectivity index (χ4v) is 2.44. The lowest BCUT2D eigenvalue weighted by atomic mass is 10.2. The number of hydrogen-bond donors (Lipinski definition) is 1. The number of rotatable bonds is 3. The minimum Gasteiger partial charge on any atom is -0.461 e. The van der Waals surface area contributed by atoms with Crippen LogP contribution in [0.5, 0.6) is 0 Å². The van der Waals surface area contributed by atoms with Gasteiger partial charge >= 0.3 is 5.97 Å². The molecule has 1 aromatic rings. The summed E-state index contributed by atoms with van der Waals surface area (Å²) in [4.78, 5) is 16.1. The Balaban J connectivity index is 2.15. The van der Waals surface area contributed by atoms with Crippen LogP contribution in [-0.4, -0.2) is 23.5 Å². The van der Waals surface area contributed by atoms with Gasteiger partial charge in [0.15, 0.2) is 10.9 Å². The molecule has 0 bridgehead atoms. The lowest BCUT2D eigenvalue weighted by Crippen LogP contribution is -2.18. The fraction of sp³-hybridized carbons (Fsp3) is 0.286. The summed E-state index contributed by atoms with van der Waals surface area (Å²) in [7, 11) is 0. The van der Waals surface area contributed by atoms with Crippen molar-refractivity contribution < 1.29 is 9.53 Å². The smallest absolute Gasteiger partial charge is 0.356 e. The van der Waals surface area contributed by atoms with Crippen molar-refractivity contribution in [1.29, 1.82) is 0 Å². The largest absolute Gasteiger partial charge is 0.461 e. The Bertz CT molecular complexity index is 524. The molecule has 0 spiro atoms. The summed E-state index contributed by atoms with van der Waals surface area (Å²) in [6.07, 6.45) is 0.